The number of rotatable bonds is 2. The quantitative estimate of drug-likeness (QED) is 0.494. The highest BCUT2D eigenvalue weighted by atomic mass is 19.2. The Morgan fingerprint density at radius 3 is 1.48 bits per heavy atom. The fourth-order valence-electron chi connectivity index (χ4n) is 2.05. The standard InChI is InChI=1S/C15H4F8N4/c16-6-10(7(17)13(21)25-12(6)20)24-5-1-3-27(4-2-5)11-8(18)14(22)26-15(23)9(11)19/h1-4H. The Morgan fingerprint density at radius 2 is 1.04 bits per heavy atom. The lowest BCUT2D eigenvalue weighted by Gasteiger charge is -2.09. The zero-order valence-electron chi connectivity index (χ0n) is 12.6. The summed E-state index contributed by atoms with van der Waals surface area (Å²) in [6.07, 6.45) is 1.67. The van der Waals surface area contributed by atoms with Gasteiger partial charge in [0.1, 0.15) is 11.4 Å². The zero-order chi connectivity index (χ0) is 19.9. The van der Waals surface area contributed by atoms with Crippen molar-refractivity contribution in [3.8, 4) is 5.69 Å². The summed E-state index contributed by atoms with van der Waals surface area (Å²) in [5, 5.41) is -0.301. The maximum atomic E-state index is 13.7. The molecule has 4 nitrogen and oxygen atoms in total. The number of hydrogen-bond donors (Lipinski definition) is 0. The third-order valence-electron chi connectivity index (χ3n) is 3.26. The first-order chi connectivity index (χ1) is 12.7. The Kier molecular flexibility index (Phi) is 4.64. The summed E-state index contributed by atoms with van der Waals surface area (Å²) in [5.74, 6) is -14.9. The molecule has 3 aromatic rings. The Bertz CT molecular complexity index is 1050. The maximum Gasteiger partial charge on any atom is 0.254 e. The lowest BCUT2D eigenvalue weighted by Crippen LogP contribution is -2.11. The average molecular weight is 392 g/mol. The molecule has 0 radical (unpaired) electrons. The van der Waals surface area contributed by atoms with Crippen LogP contribution in [-0.2, 0) is 0 Å². The molecule has 0 saturated carbocycles. The van der Waals surface area contributed by atoms with Crippen molar-refractivity contribution in [2.24, 2.45) is 4.99 Å². The second kappa shape index (κ2) is 6.78. The van der Waals surface area contributed by atoms with Crippen LogP contribution < -0.4 is 5.36 Å². The largest absolute Gasteiger partial charge is 0.318 e. The minimum Gasteiger partial charge on any atom is -0.318 e. The lowest BCUT2D eigenvalue weighted by atomic mass is 10.3. The minimum absolute atomic E-state index is 0.301. The highest BCUT2D eigenvalue weighted by Crippen LogP contribution is 2.24. The first-order valence-electron chi connectivity index (χ1n) is 6.84. The van der Waals surface area contributed by atoms with Gasteiger partial charge in [0, 0.05) is 12.4 Å². The fraction of sp³-hybridized carbons (Fsp3) is 0. The van der Waals surface area contributed by atoms with Gasteiger partial charge in [-0.1, -0.05) is 0 Å². The molecule has 0 aliphatic carbocycles. The summed E-state index contributed by atoms with van der Waals surface area (Å²) in [4.78, 5) is 8.09. The number of aromatic nitrogens is 3. The predicted molar refractivity (Wildman–Crippen MR) is 72.7 cm³/mol. The monoisotopic (exact) mass is 392 g/mol. The zero-order valence-corrected chi connectivity index (χ0v) is 12.6. The fourth-order valence-corrected chi connectivity index (χ4v) is 2.05. The molecule has 0 aliphatic rings. The second-order valence-corrected chi connectivity index (χ2v) is 4.92. The van der Waals surface area contributed by atoms with Crippen molar-refractivity contribution in [3.63, 3.8) is 0 Å². The van der Waals surface area contributed by atoms with E-state index in [1.807, 2.05) is 0 Å². The van der Waals surface area contributed by atoms with Crippen LogP contribution >= 0.6 is 0 Å². The van der Waals surface area contributed by atoms with Gasteiger partial charge in [0.2, 0.25) is 23.3 Å². The van der Waals surface area contributed by atoms with E-state index >= 15 is 0 Å². The van der Waals surface area contributed by atoms with Crippen molar-refractivity contribution in [2.75, 3.05) is 0 Å². The molecule has 3 rings (SSSR count). The molecule has 0 unspecified atom stereocenters. The molecule has 27 heavy (non-hydrogen) atoms. The van der Waals surface area contributed by atoms with Crippen LogP contribution in [0.15, 0.2) is 29.5 Å². The molecular weight excluding hydrogens is 388 g/mol. The molecule has 0 aromatic carbocycles. The molecule has 0 saturated heterocycles. The molecule has 0 bridgehead atoms. The predicted octanol–water partition coefficient (Wildman–Crippen LogP) is 3.61. The number of hydrogen-bond acceptors (Lipinski definition) is 3. The van der Waals surface area contributed by atoms with E-state index in [-0.39, 0.29) is 5.36 Å². The molecule has 12 heteroatoms. The van der Waals surface area contributed by atoms with E-state index in [0.717, 1.165) is 24.5 Å². The molecule has 0 atom stereocenters. The average Bonchev–Trinajstić information content (AvgIpc) is 2.63. The highest BCUT2D eigenvalue weighted by Gasteiger charge is 2.22. The second-order valence-electron chi connectivity index (χ2n) is 4.92. The smallest absolute Gasteiger partial charge is 0.254 e. The van der Waals surface area contributed by atoms with E-state index in [4.69, 9.17) is 0 Å². The topological polar surface area (TPSA) is 43.1 Å². The molecule has 0 spiro atoms. The third-order valence-corrected chi connectivity index (χ3v) is 3.26. The van der Waals surface area contributed by atoms with Crippen LogP contribution in [0.5, 0.6) is 0 Å². The first kappa shape index (κ1) is 18.5. The molecule has 3 heterocycles. The van der Waals surface area contributed by atoms with E-state index in [9.17, 15) is 35.1 Å². The summed E-state index contributed by atoms with van der Waals surface area (Å²) >= 11 is 0. The van der Waals surface area contributed by atoms with Crippen LogP contribution in [0.1, 0.15) is 0 Å². The lowest BCUT2D eigenvalue weighted by molar-refractivity contribution is 0.402. The van der Waals surface area contributed by atoms with Crippen LogP contribution in [0.4, 0.5) is 40.8 Å². The Labute approximate surface area is 144 Å². The van der Waals surface area contributed by atoms with Crippen LogP contribution in [0.25, 0.3) is 5.69 Å². The summed E-state index contributed by atoms with van der Waals surface area (Å²) in [5.41, 5.74) is -2.47. The van der Waals surface area contributed by atoms with Crippen molar-refractivity contribution >= 4 is 5.69 Å². The Balaban J connectivity index is 2.13. The van der Waals surface area contributed by atoms with Gasteiger partial charge >= 0.3 is 0 Å². The Hall–Kier alpha value is -3.31. The molecule has 140 valence electrons. The van der Waals surface area contributed by atoms with E-state index in [1.165, 1.54) is 0 Å². The van der Waals surface area contributed by atoms with Crippen molar-refractivity contribution in [1.29, 1.82) is 0 Å². The van der Waals surface area contributed by atoms with Gasteiger partial charge in [0.15, 0.2) is 0 Å². The summed E-state index contributed by atoms with van der Waals surface area (Å²) in [6.45, 7) is 0. The van der Waals surface area contributed by atoms with Gasteiger partial charge in [-0.3, -0.25) is 0 Å². The number of pyridine rings is 3. The molecule has 0 aliphatic heterocycles. The summed E-state index contributed by atoms with van der Waals surface area (Å²) in [7, 11) is 0. The van der Waals surface area contributed by atoms with Crippen molar-refractivity contribution in [2.45, 2.75) is 0 Å². The normalized spacial score (nSPS) is 11.0. The number of nitrogens with zero attached hydrogens (tertiary/aromatic N) is 4. The summed E-state index contributed by atoms with van der Waals surface area (Å²) < 4.78 is 107. The number of halogens is 8. The van der Waals surface area contributed by atoms with E-state index < -0.39 is 58.4 Å². The van der Waals surface area contributed by atoms with Gasteiger partial charge in [-0.15, -0.1) is 0 Å². The highest BCUT2D eigenvalue weighted by molar-refractivity contribution is 5.39. The van der Waals surface area contributed by atoms with E-state index in [2.05, 4.69) is 15.0 Å². The molecule has 0 fully saturated rings. The maximum absolute atomic E-state index is 13.7. The summed E-state index contributed by atoms with van der Waals surface area (Å²) in [6, 6.07) is 1.81. The molecule has 3 aromatic heterocycles. The minimum atomic E-state index is -1.93. The SMILES string of the molecule is Fc1nc(F)c(F)c(N=c2ccn(-c3c(F)c(F)nc(F)c3F)cc2)c1F. The van der Waals surface area contributed by atoms with Crippen molar-refractivity contribution in [1.82, 2.24) is 14.5 Å². The van der Waals surface area contributed by atoms with Crippen molar-refractivity contribution in [3.05, 3.63) is 76.9 Å². The van der Waals surface area contributed by atoms with Gasteiger partial charge in [0.25, 0.3) is 23.8 Å². The van der Waals surface area contributed by atoms with Gasteiger partial charge in [-0.2, -0.15) is 45.1 Å². The van der Waals surface area contributed by atoms with Gasteiger partial charge < -0.3 is 4.57 Å². The van der Waals surface area contributed by atoms with Crippen LogP contribution in [0.2, 0.25) is 0 Å². The van der Waals surface area contributed by atoms with Gasteiger partial charge in [-0.25, -0.2) is 4.99 Å². The molecular formula is C15H4F8N4. The van der Waals surface area contributed by atoms with Gasteiger partial charge in [0.05, 0.1) is 5.36 Å². The van der Waals surface area contributed by atoms with Crippen LogP contribution in [0, 0.1) is 47.1 Å². The molecule has 0 N–H and O–H groups in total. The van der Waals surface area contributed by atoms with Crippen LogP contribution in [0.3, 0.4) is 0 Å². The Morgan fingerprint density at radius 1 is 0.630 bits per heavy atom. The first-order valence-corrected chi connectivity index (χ1v) is 6.84. The third kappa shape index (κ3) is 3.25. The van der Waals surface area contributed by atoms with Crippen LogP contribution in [-0.4, -0.2) is 14.5 Å². The van der Waals surface area contributed by atoms with E-state index in [0.29, 0.717) is 4.57 Å². The van der Waals surface area contributed by atoms with E-state index in [1.54, 1.807) is 0 Å². The van der Waals surface area contributed by atoms with Gasteiger partial charge in [-0.05, 0) is 12.1 Å². The van der Waals surface area contributed by atoms with Crippen molar-refractivity contribution < 1.29 is 35.1 Å². The molecule has 0 amide bonds.